The highest BCUT2D eigenvalue weighted by Crippen LogP contribution is 2.39. The van der Waals surface area contributed by atoms with E-state index in [1.807, 2.05) is 18.5 Å². The topological polar surface area (TPSA) is 24.9 Å². The number of pyridine rings is 1. The Kier molecular flexibility index (Phi) is 2.81. The third-order valence-corrected chi connectivity index (χ3v) is 3.94. The zero-order chi connectivity index (χ0) is 11.7. The van der Waals surface area contributed by atoms with E-state index in [0.29, 0.717) is 0 Å². The second-order valence-electron chi connectivity index (χ2n) is 5.02. The molecule has 0 amide bonds. The maximum absolute atomic E-state index is 4.29. The van der Waals surface area contributed by atoms with Gasteiger partial charge in [0.15, 0.2) is 0 Å². The van der Waals surface area contributed by atoms with Crippen LogP contribution in [0.3, 0.4) is 0 Å². The number of piperidine rings is 1. The fourth-order valence-electron chi connectivity index (χ4n) is 2.95. The molecule has 2 aliphatic rings. The molecular weight excluding hydrogens is 208 g/mol. The van der Waals surface area contributed by atoms with E-state index in [4.69, 9.17) is 0 Å². The van der Waals surface area contributed by atoms with Crippen LogP contribution in [0.5, 0.6) is 0 Å². The first-order chi connectivity index (χ1) is 8.36. The van der Waals surface area contributed by atoms with Crippen LogP contribution in [0.2, 0.25) is 0 Å². The molecule has 1 aliphatic heterocycles. The van der Waals surface area contributed by atoms with Gasteiger partial charge in [-0.25, -0.2) is 0 Å². The van der Waals surface area contributed by atoms with Crippen LogP contribution in [-0.2, 0) is 0 Å². The first-order valence-corrected chi connectivity index (χ1v) is 6.36. The van der Waals surface area contributed by atoms with E-state index < -0.39 is 0 Å². The van der Waals surface area contributed by atoms with Crippen LogP contribution in [0, 0.1) is 11.8 Å². The summed E-state index contributed by atoms with van der Waals surface area (Å²) in [6.45, 7) is 6.12. The highest BCUT2D eigenvalue weighted by atomic mass is 14.9. The number of hydrogen-bond donors (Lipinski definition) is 1. The summed E-state index contributed by atoms with van der Waals surface area (Å²) in [4.78, 5) is 4.29. The largest absolute Gasteiger partial charge is 0.316 e. The summed E-state index contributed by atoms with van der Waals surface area (Å²) in [5.41, 5.74) is 3.85. The minimum atomic E-state index is 0.728. The Morgan fingerprint density at radius 3 is 3.18 bits per heavy atom. The van der Waals surface area contributed by atoms with Gasteiger partial charge in [0.25, 0.3) is 0 Å². The van der Waals surface area contributed by atoms with Crippen molar-refractivity contribution in [1.82, 2.24) is 10.3 Å². The molecule has 17 heavy (non-hydrogen) atoms. The summed E-state index contributed by atoms with van der Waals surface area (Å²) in [7, 11) is 0. The molecule has 1 saturated heterocycles. The monoisotopic (exact) mass is 226 g/mol. The molecule has 3 rings (SSSR count). The fourth-order valence-corrected chi connectivity index (χ4v) is 2.95. The number of hydrogen-bond acceptors (Lipinski definition) is 2. The van der Waals surface area contributed by atoms with Gasteiger partial charge < -0.3 is 5.32 Å². The Hall–Kier alpha value is -1.41. The van der Waals surface area contributed by atoms with Gasteiger partial charge in [-0.05, 0) is 54.0 Å². The SMILES string of the molecule is C=Cc1cncc(C2=C[C@H]3CNCC[C@H]3C2)c1. The number of fused-ring (bicyclic) bond motifs is 1. The molecule has 2 heterocycles. The molecule has 0 unspecified atom stereocenters. The highest BCUT2D eigenvalue weighted by molar-refractivity contribution is 5.69. The van der Waals surface area contributed by atoms with Crippen LogP contribution in [-0.4, -0.2) is 18.1 Å². The smallest absolute Gasteiger partial charge is 0.0343 e. The fraction of sp³-hybridized carbons (Fsp3) is 0.400. The van der Waals surface area contributed by atoms with E-state index in [9.17, 15) is 0 Å². The van der Waals surface area contributed by atoms with E-state index in [0.717, 1.165) is 23.9 Å². The van der Waals surface area contributed by atoms with Crippen LogP contribution < -0.4 is 5.32 Å². The van der Waals surface area contributed by atoms with Crippen LogP contribution in [0.25, 0.3) is 11.6 Å². The predicted octanol–water partition coefficient (Wildman–Crippen LogP) is 2.74. The summed E-state index contributed by atoms with van der Waals surface area (Å²) in [5.74, 6) is 1.57. The molecule has 1 aliphatic carbocycles. The van der Waals surface area contributed by atoms with Crippen molar-refractivity contribution < 1.29 is 0 Å². The van der Waals surface area contributed by atoms with Gasteiger partial charge >= 0.3 is 0 Å². The molecular formula is C15H18N2. The quantitative estimate of drug-likeness (QED) is 0.838. The number of rotatable bonds is 2. The molecule has 2 heteroatoms. The molecule has 1 aromatic rings. The van der Waals surface area contributed by atoms with Crippen molar-refractivity contribution in [3.05, 3.63) is 42.2 Å². The summed E-state index contributed by atoms with van der Waals surface area (Å²) < 4.78 is 0. The van der Waals surface area contributed by atoms with Crippen molar-refractivity contribution in [2.75, 3.05) is 13.1 Å². The van der Waals surface area contributed by atoms with Gasteiger partial charge in [0, 0.05) is 18.9 Å². The Balaban J connectivity index is 1.87. The average Bonchev–Trinajstić information content (AvgIpc) is 2.82. The second kappa shape index (κ2) is 4.46. The maximum atomic E-state index is 4.29. The van der Waals surface area contributed by atoms with Crippen LogP contribution >= 0.6 is 0 Å². The highest BCUT2D eigenvalue weighted by Gasteiger charge is 2.29. The normalized spacial score (nSPS) is 27.4. The minimum absolute atomic E-state index is 0.728. The molecule has 0 bridgehead atoms. The van der Waals surface area contributed by atoms with Crippen LogP contribution in [0.15, 0.2) is 31.1 Å². The van der Waals surface area contributed by atoms with Crippen molar-refractivity contribution >= 4 is 11.6 Å². The first-order valence-electron chi connectivity index (χ1n) is 6.36. The first kappa shape index (κ1) is 10.7. The number of nitrogens with zero attached hydrogens (tertiary/aromatic N) is 1. The molecule has 1 aromatic heterocycles. The van der Waals surface area contributed by atoms with E-state index in [-0.39, 0.29) is 0 Å². The molecule has 0 aromatic carbocycles. The van der Waals surface area contributed by atoms with Crippen molar-refractivity contribution in [3.63, 3.8) is 0 Å². The van der Waals surface area contributed by atoms with Gasteiger partial charge in [-0.2, -0.15) is 0 Å². The second-order valence-corrected chi connectivity index (χ2v) is 5.02. The standard InChI is InChI=1S/C15H18N2/c1-2-11-5-14(10-17-8-11)13-6-12-3-4-16-9-15(12)7-13/h2,5,7-8,10,12,15-16H,1,3-4,6,9H2/t12-,15-/m0/s1. The van der Waals surface area contributed by atoms with E-state index in [1.54, 1.807) is 0 Å². The molecule has 1 fully saturated rings. The number of nitrogens with one attached hydrogen (secondary N) is 1. The van der Waals surface area contributed by atoms with Crippen molar-refractivity contribution in [2.45, 2.75) is 12.8 Å². The summed E-state index contributed by atoms with van der Waals surface area (Å²) in [6.07, 6.45) is 10.7. The van der Waals surface area contributed by atoms with Gasteiger partial charge in [-0.15, -0.1) is 0 Å². The van der Waals surface area contributed by atoms with Crippen molar-refractivity contribution in [2.24, 2.45) is 11.8 Å². The molecule has 0 saturated carbocycles. The maximum Gasteiger partial charge on any atom is 0.0343 e. The van der Waals surface area contributed by atoms with E-state index in [2.05, 4.69) is 29.0 Å². The van der Waals surface area contributed by atoms with Crippen molar-refractivity contribution in [3.8, 4) is 0 Å². The molecule has 0 spiro atoms. The third-order valence-electron chi connectivity index (χ3n) is 3.94. The van der Waals surface area contributed by atoms with Crippen molar-refractivity contribution in [1.29, 1.82) is 0 Å². The lowest BCUT2D eigenvalue weighted by molar-refractivity contribution is 0.323. The molecule has 88 valence electrons. The average molecular weight is 226 g/mol. The summed E-state index contributed by atoms with van der Waals surface area (Å²) >= 11 is 0. The summed E-state index contributed by atoms with van der Waals surface area (Å²) in [6, 6.07) is 2.19. The van der Waals surface area contributed by atoms with E-state index >= 15 is 0 Å². The van der Waals surface area contributed by atoms with Crippen LogP contribution in [0.1, 0.15) is 24.0 Å². The van der Waals surface area contributed by atoms with Gasteiger partial charge in [0.1, 0.15) is 0 Å². The number of aromatic nitrogens is 1. The lowest BCUT2D eigenvalue weighted by Gasteiger charge is -2.25. The Morgan fingerprint density at radius 2 is 2.35 bits per heavy atom. The Morgan fingerprint density at radius 1 is 1.41 bits per heavy atom. The van der Waals surface area contributed by atoms with Gasteiger partial charge in [-0.3, -0.25) is 4.98 Å². The molecule has 2 atom stereocenters. The lowest BCUT2D eigenvalue weighted by atomic mass is 9.89. The number of allylic oxidation sites excluding steroid dienone is 1. The van der Waals surface area contributed by atoms with Gasteiger partial charge in [0.05, 0.1) is 0 Å². The zero-order valence-electron chi connectivity index (χ0n) is 10.0. The minimum Gasteiger partial charge on any atom is -0.316 e. The lowest BCUT2D eigenvalue weighted by Crippen LogP contribution is -2.33. The van der Waals surface area contributed by atoms with Gasteiger partial charge in [0.2, 0.25) is 0 Å². The Labute approximate surface area is 102 Å². The molecule has 1 N–H and O–H groups in total. The third kappa shape index (κ3) is 2.05. The summed E-state index contributed by atoms with van der Waals surface area (Å²) in [5, 5.41) is 3.47. The van der Waals surface area contributed by atoms with E-state index in [1.165, 1.54) is 30.5 Å². The van der Waals surface area contributed by atoms with Crippen LogP contribution in [0.4, 0.5) is 0 Å². The predicted molar refractivity (Wildman–Crippen MR) is 71.4 cm³/mol. The zero-order valence-corrected chi connectivity index (χ0v) is 10.0. The van der Waals surface area contributed by atoms with Gasteiger partial charge in [-0.1, -0.05) is 18.7 Å². The molecule has 2 nitrogen and oxygen atoms in total. The Bertz CT molecular complexity index is 462. The molecule has 0 radical (unpaired) electrons.